The summed E-state index contributed by atoms with van der Waals surface area (Å²) in [5.41, 5.74) is 0.492. The molecule has 2 heteroatoms. The van der Waals surface area contributed by atoms with Gasteiger partial charge in [-0.15, -0.1) is 0 Å². The van der Waals surface area contributed by atoms with Crippen LogP contribution in [0.25, 0.3) is 0 Å². The third-order valence-corrected chi connectivity index (χ3v) is 6.67. The molecule has 0 aliphatic heterocycles. The summed E-state index contributed by atoms with van der Waals surface area (Å²) >= 11 is 5.26. The van der Waals surface area contributed by atoms with Gasteiger partial charge in [-0.2, -0.15) is 0 Å². The van der Waals surface area contributed by atoms with Crippen LogP contribution in [0.4, 0.5) is 0 Å². The maximum atomic E-state index is 2.66. The lowest BCUT2D eigenvalue weighted by Gasteiger charge is -2.30. The van der Waals surface area contributed by atoms with Crippen LogP contribution in [0.2, 0.25) is 0 Å². The summed E-state index contributed by atoms with van der Waals surface area (Å²) in [4.78, 5) is 0. The van der Waals surface area contributed by atoms with Crippen LogP contribution in [0.5, 0.6) is 0 Å². The molecule has 0 aromatic heterocycles. The highest BCUT2D eigenvalue weighted by molar-refractivity contribution is 14.1. The fourth-order valence-corrected chi connectivity index (χ4v) is 3.60. The van der Waals surface area contributed by atoms with Crippen LogP contribution in [0.3, 0.4) is 0 Å². The van der Waals surface area contributed by atoms with Crippen LogP contribution in [-0.2, 0) is 0 Å². The van der Waals surface area contributed by atoms with Gasteiger partial charge in [0.05, 0.1) is 0 Å². The monoisotopic (exact) mass is 392 g/mol. The number of halogens is 2. The predicted molar refractivity (Wildman–Crippen MR) is 72.4 cm³/mol. The second-order valence-electron chi connectivity index (χ2n) is 4.94. The molecule has 1 aliphatic carbocycles. The molecule has 0 bridgehead atoms. The first-order valence-corrected chi connectivity index (χ1v) is 7.18. The Morgan fingerprint density at radius 2 is 1.83 bits per heavy atom. The fourth-order valence-electron chi connectivity index (χ4n) is 1.93. The highest BCUT2D eigenvalue weighted by Crippen LogP contribution is 2.42. The summed E-state index contributed by atoms with van der Waals surface area (Å²) in [5.74, 6) is 0.979. The Bertz CT molecular complexity index is 148. The zero-order valence-corrected chi connectivity index (χ0v) is 12.4. The van der Waals surface area contributed by atoms with Crippen molar-refractivity contribution in [3.05, 3.63) is 0 Å². The maximum Gasteiger partial charge on any atom is 0.0187 e. The number of alkyl halides is 2. The first-order valence-electron chi connectivity index (χ1n) is 4.69. The van der Waals surface area contributed by atoms with Gasteiger partial charge in [-0.25, -0.2) is 0 Å². The van der Waals surface area contributed by atoms with Gasteiger partial charge >= 0.3 is 0 Å². The van der Waals surface area contributed by atoms with E-state index in [1.54, 1.807) is 0 Å². The molecule has 0 amide bonds. The minimum absolute atomic E-state index is 0.492. The van der Waals surface area contributed by atoms with E-state index in [-0.39, 0.29) is 0 Å². The molecule has 0 heterocycles. The highest BCUT2D eigenvalue weighted by atomic mass is 127. The van der Waals surface area contributed by atoms with Gasteiger partial charge in [0.1, 0.15) is 0 Å². The van der Waals surface area contributed by atoms with E-state index in [0.29, 0.717) is 5.41 Å². The van der Waals surface area contributed by atoms with Gasteiger partial charge in [-0.3, -0.25) is 0 Å². The first kappa shape index (κ1) is 11.5. The molecule has 1 saturated carbocycles. The molecule has 3 atom stereocenters. The Balaban J connectivity index is 2.48. The minimum atomic E-state index is 0.492. The van der Waals surface area contributed by atoms with Crippen molar-refractivity contribution in [1.29, 1.82) is 0 Å². The van der Waals surface area contributed by atoms with E-state index in [1.165, 1.54) is 19.3 Å². The molecule has 72 valence electrons. The average molecular weight is 392 g/mol. The van der Waals surface area contributed by atoms with Crippen molar-refractivity contribution >= 4 is 45.2 Å². The fraction of sp³-hybridized carbons (Fsp3) is 1.00. The van der Waals surface area contributed by atoms with Gasteiger partial charge in [-0.1, -0.05) is 66.0 Å². The van der Waals surface area contributed by atoms with Crippen molar-refractivity contribution in [3.8, 4) is 0 Å². The zero-order chi connectivity index (χ0) is 9.35. The molecule has 12 heavy (non-hydrogen) atoms. The van der Waals surface area contributed by atoms with E-state index in [4.69, 9.17) is 0 Å². The van der Waals surface area contributed by atoms with Gasteiger partial charge in [0.25, 0.3) is 0 Å². The average Bonchev–Trinajstić information content (AvgIpc) is 2.32. The molecular formula is C10H18I2. The number of hydrogen-bond acceptors (Lipinski definition) is 0. The molecule has 1 fully saturated rings. The zero-order valence-electron chi connectivity index (χ0n) is 8.11. The molecule has 0 nitrogen and oxygen atoms in total. The summed E-state index contributed by atoms with van der Waals surface area (Å²) in [6.45, 7) is 7.10. The molecule has 3 unspecified atom stereocenters. The molecule has 1 aliphatic rings. The predicted octanol–water partition coefficient (Wildman–Crippen LogP) is 4.44. The Labute approximate surface area is 104 Å². The SMILES string of the molecule is CC(C)(C)C(I)C1CCC(I)C1. The Morgan fingerprint density at radius 3 is 2.17 bits per heavy atom. The van der Waals surface area contributed by atoms with E-state index in [9.17, 15) is 0 Å². The lowest BCUT2D eigenvalue weighted by molar-refractivity contribution is 0.327. The van der Waals surface area contributed by atoms with Gasteiger partial charge in [0, 0.05) is 7.85 Å². The number of rotatable bonds is 1. The smallest absolute Gasteiger partial charge is 0.0187 e. The van der Waals surface area contributed by atoms with Crippen molar-refractivity contribution in [2.24, 2.45) is 11.3 Å². The van der Waals surface area contributed by atoms with Gasteiger partial charge < -0.3 is 0 Å². The van der Waals surface area contributed by atoms with Crippen LogP contribution < -0.4 is 0 Å². The summed E-state index contributed by atoms with van der Waals surface area (Å²) < 4.78 is 1.81. The number of hydrogen-bond donors (Lipinski definition) is 0. The second kappa shape index (κ2) is 4.32. The van der Waals surface area contributed by atoms with Crippen LogP contribution in [0.15, 0.2) is 0 Å². The largest absolute Gasteiger partial charge is 0.0826 e. The summed E-state index contributed by atoms with van der Waals surface area (Å²) in [6.07, 6.45) is 4.35. The molecular weight excluding hydrogens is 374 g/mol. The highest BCUT2D eigenvalue weighted by Gasteiger charge is 2.34. The molecule has 0 aromatic rings. The van der Waals surface area contributed by atoms with E-state index in [2.05, 4.69) is 66.0 Å². The summed E-state index contributed by atoms with van der Waals surface area (Å²) in [6, 6.07) is 0. The first-order chi connectivity index (χ1) is 5.41. The Kier molecular flexibility index (Phi) is 4.15. The van der Waals surface area contributed by atoms with Crippen molar-refractivity contribution in [3.63, 3.8) is 0 Å². The van der Waals surface area contributed by atoms with Gasteiger partial charge in [0.2, 0.25) is 0 Å². The lowest BCUT2D eigenvalue weighted by atomic mass is 9.84. The molecule has 0 radical (unpaired) electrons. The van der Waals surface area contributed by atoms with Crippen molar-refractivity contribution < 1.29 is 0 Å². The third-order valence-electron chi connectivity index (χ3n) is 2.65. The topological polar surface area (TPSA) is 0 Å². The summed E-state index contributed by atoms with van der Waals surface area (Å²) in [5, 5.41) is 0. The quantitative estimate of drug-likeness (QED) is 0.458. The second-order valence-corrected chi connectivity index (χ2v) is 8.04. The normalized spacial score (nSPS) is 33.8. The lowest BCUT2D eigenvalue weighted by Crippen LogP contribution is -2.27. The van der Waals surface area contributed by atoms with Crippen LogP contribution >= 0.6 is 45.2 Å². The Morgan fingerprint density at radius 1 is 1.25 bits per heavy atom. The van der Waals surface area contributed by atoms with Crippen molar-refractivity contribution in [1.82, 2.24) is 0 Å². The van der Waals surface area contributed by atoms with Crippen LogP contribution in [0.1, 0.15) is 40.0 Å². The van der Waals surface area contributed by atoms with Crippen LogP contribution in [0, 0.1) is 11.3 Å². The maximum absolute atomic E-state index is 2.66. The van der Waals surface area contributed by atoms with Crippen molar-refractivity contribution in [2.75, 3.05) is 0 Å². The van der Waals surface area contributed by atoms with Gasteiger partial charge in [-0.05, 0) is 30.6 Å². The molecule has 0 aromatic carbocycles. The van der Waals surface area contributed by atoms with E-state index in [1.807, 2.05) is 0 Å². The van der Waals surface area contributed by atoms with E-state index < -0.39 is 0 Å². The molecule has 0 spiro atoms. The van der Waals surface area contributed by atoms with E-state index >= 15 is 0 Å². The Hall–Kier alpha value is 1.46. The van der Waals surface area contributed by atoms with Gasteiger partial charge in [0.15, 0.2) is 0 Å². The van der Waals surface area contributed by atoms with Crippen molar-refractivity contribution in [2.45, 2.75) is 47.9 Å². The molecule has 0 N–H and O–H groups in total. The molecule has 0 saturated heterocycles. The molecule has 1 rings (SSSR count). The minimum Gasteiger partial charge on any atom is -0.0826 e. The summed E-state index contributed by atoms with van der Waals surface area (Å²) in [7, 11) is 0. The van der Waals surface area contributed by atoms with E-state index in [0.717, 1.165) is 13.8 Å². The van der Waals surface area contributed by atoms with Crippen LogP contribution in [-0.4, -0.2) is 7.85 Å². The standard InChI is InChI=1S/C10H18I2/c1-10(2,3)9(12)7-4-5-8(11)6-7/h7-9H,4-6H2,1-3H3. The third kappa shape index (κ3) is 3.00.